The topological polar surface area (TPSA) is 59.4 Å². The highest BCUT2D eigenvalue weighted by atomic mass is 35.5. The van der Waals surface area contributed by atoms with E-state index in [1.807, 2.05) is 0 Å². The number of halogens is 2. The van der Waals surface area contributed by atoms with Gasteiger partial charge in [0.2, 0.25) is 5.88 Å². The van der Waals surface area contributed by atoms with E-state index < -0.39 is 5.97 Å². The first kappa shape index (κ1) is 12.7. The highest BCUT2D eigenvalue weighted by Gasteiger charge is 2.14. The van der Waals surface area contributed by atoms with E-state index in [0.29, 0.717) is 10.8 Å². The number of aromatic nitrogens is 1. The molecule has 0 radical (unpaired) electrons. The van der Waals surface area contributed by atoms with Crippen LogP contribution in [0.25, 0.3) is 0 Å². The molecule has 0 unspecified atom stereocenters. The molecule has 0 atom stereocenters. The molecule has 2 aromatic rings. The fraction of sp³-hybridized carbons (Fsp3) is 0. The maximum absolute atomic E-state index is 11.0. The smallest absolute Gasteiger partial charge is 0.341 e. The van der Waals surface area contributed by atoms with Crippen molar-refractivity contribution in [1.29, 1.82) is 0 Å². The third-order valence-electron chi connectivity index (χ3n) is 2.10. The predicted octanol–water partition coefficient (Wildman–Crippen LogP) is 3.88. The van der Waals surface area contributed by atoms with Crippen LogP contribution >= 0.6 is 23.2 Å². The van der Waals surface area contributed by atoms with E-state index in [-0.39, 0.29) is 16.5 Å². The lowest BCUT2D eigenvalue weighted by atomic mass is 10.3. The van der Waals surface area contributed by atoms with E-state index in [4.69, 9.17) is 33.0 Å². The fourth-order valence-electron chi connectivity index (χ4n) is 1.30. The summed E-state index contributed by atoms with van der Waals surface area (Å²) < 4.78 is 5.37. The van der Waals surface area contributed by atoms with Gasteiger partial charge in [0.05, 0.1) is 5.02 Å². The molecule has 4 nitrogen and oxygen atoms in total. The zero-order chi connectivity index (χ0) is 13.1. The number of nitrogens with zero attached hydrogens (tertiary/aromatic N) is 1. The van der Waals surface area contributed by atoms with E-state index >= 15 is 0 Å². The molecule has 0 fully saturated rings. The van der Waals surface area contributed by atoms with Gasteiger partial charge in [-0.2, -0.15) is 0 Å². The molecular weight excluding hydrogens is 277 g/mol. The Balaban J connectivity index is 2.37. The number of carboxylic acids is 1. The first-order valence-corrected chi connectivity index (χ1v) is 5.65. The molecule has 1 heterocycles. The zero-order valence-corrected chi connectivity index (χ0v) is 10.4. The van der Waals surface area contributed by atoms with Crippen LogP contribution in [0.3, 0.4) is 0 Å². The van der Waals surface area contributed by atoms with E-state index in [0.717, 1.165) is 0 Å². The van der Waals surface area contributed by atoms with E-state index in [1.54, 1.807) is 12.1 Å². The summed E-state index contributed by atoms with van der Waals surface area (Å²) in [6.45, 7) is 0. The number of aromatic carboxylic acids is 1. The lowest BCUT2D eigenvalue weighted by molar-refractivity contribution is 0.0693. The second kappa shape index (κ2) is 5.25. The fourth-order valence-corrected chi connectivity index (χ4v) is 1.74. The van der Waals surface area contributed by atoms with Crippen LogP contribution in [0.4, 0.5) is 0 Å². The van der Waals surface area contributed by atoms with Gasteiger partial charge in [-0.15, -0.1) is 0 Å². The largest absolute Gasteiger partial charge is 0.477 e. The molecule has 1 aromatic heterocycles. The molecule has 18 heavy (non-hydrogen) atoms. The Hall–Kier alpha value is -1.78. The van der Waals surface area contributed by atoms with Gasteiger partial charge < -0.3 is 9.84 Å². The van der Waals surface area contributed by atoms with Crippen LogP contribution in [0.1, 0.15) is 10.4 Å². The highest BCUT2D eigenvalue weighted by molar-refractivity contribution is 6.35. The van der Waals surface area contributed by atoms with Crippen molar-refractivity contribution in [2.75, 3.05) is 0 Å². The standard InChI is InChI=1S/C12H7Cl2NO3/c13-7-3-4-10(9(14)6-7)18-11-8(12(16)17)2-1-5-15-11/h1-6H,(H,16,17). The number of carboxylic acid groups (broad SMARTS) is 1. The molecule has 0 spiro atoms. The molecule has 0 bridgehead atoms. The minimum absolute atomic E-state index is 0.0192. The molecule has 0 saturated carbocycles. The summed E-state index contributed by atoms with van der Waals surface area (Å²) in [6, 6.07) is 7.55. The first-order chi connectivity index (χ1) is 8.58. The van der Waals surface area contributed by atoms with Gasteiger partial charge in [-0.3, -0.25) is 0 Å². The molecule has 2 rings (SSSR count). The Morgan fingerprint density at radius 3 is 2.72 bits per heavy atom. The van der Waals surface area contributed by atoms with Gasteiger partial charge in [-0.25, -0.2) is 9.78 Å². The normalized spacial score (nSPS) is 10.1. The Labute approximate surface area is 113 Å². The van der Waals surface area contributed by atoms with Crippen molar-refractivity contribution in [3.05, 3.63) is 52.1 Å². The van der Waals surface area contributed by atoms with Gasteiger partial charge in [0.15, 0.2) is 0 Å². The molecule has 0 amide bonds. The quantitative estimate of drug-likeness (QED) is 0.929. The minimum Gasteiger partial charge on any atom is -0.477 e. The Morgan fingerprint density at radius 1 is 1.28 bits per heavy atom. The summed E-state index contributed by atoms with van der Waals surface area (Å²) >= 11 is 11.7. The molecule has 92 valence electrons. The molecule has 0 aliphatic rings. The van der Waals surface area contributed by atoms with Crippen molar-refractivity contribution in [2.24, 2.45) is 0 Å². The zero-order valence-electron chi connectivity index (χ0n) is 8.93. The van der Waals surface area contributed by atoms with Gasteiger partial charge in [0.25, 0.3) is 0 Å². The van der Waals surface area contributed by atoms with Crippen LogP contribution in [0.15, 0.2) is 36.5 Å². The number of pyridine rings is 1. The van der Waals surface area contributed by atoms with E-state index in [1.165, 1.54) is 24.4 Å². The first-order valence-electron chi connectivity index (χ1n) is 4.89. The average molecular weight is 284 g/mol. The maximum Gasteiger partial charge on any atom is 0.341 e. The van der Waals surface area contributed by atoms with Crippen molar-refractivity contribution in [1.82, 2.24) is 4.98 Å². The van der Waals surface area contributed by atoms with Crippen molar-refractivity contribution in [2.45, 2.75) is 0 Å². The van der Waals surface area contributed by atoms with Gasteiger partial charge >= 0.3 is 5.97 Å². The lowest BCUT2D eigenvalue weighted by Crippen LogP contribution is -2.01. The molecule has 0 aliphatic heterocycles. The number of hydrogen-bond acceptors (Lipinski definition) is 3. The van der Waals surface area contributed by atoms with Crippen molar-refractivity contribution in [3.8, 4) is 11.6 Å². The third kappa shape index (κ3) is 2.72. The summed E-state index contributed by atoms with van der Waals surface area (Å²) in [4.78, 5) is 14.8. The van der Waals surface area contributed by atoms with Crippen LogP contribution in [-0.4, -0.2) is 16.1 Å². The maximum atomic E-state index is 11.0. The van der Waals surface area contributed by atoms with Crippen molar-refractivity contribution < 1.29 is 14.6 Å². The van der Waals surface area contributed by atoms with Crippen LogP contribution in [-0.2, 0) is 0 Å². The van der Waals surface area contributed by atoms with Gasteiger partial charge in [-0.05, 0) is 30.3 Å². The third-order valence-corrected chi connectivity index (χ3v) is 2.63. The second-order valence-electron chi connectivity index (χ2n) is 3.34. The van der Waals surface area contributed by atoms with Crippen LogP contribution in [0.2, 0.25) is 10.0 Å². The monoisotopic (exact) mass is 283 g/mol. The number of benzene rings is 1. The Bertz CT molecular complexity index is 602. The molecule has 0 saturated heterocycles. The van der Waals surface area contributed by atoms with Crippen molar-refractivity contribution in [3.63, 3.8) is 0 Å². The van der Waals surface area contributed by atoms with E-state index in [2.05, 4.69) is 4.98 Å². The van der Waals surface area contributed by atoms with E-state index in [9.17, 15) is 4.79 Å². The van der Waals surface area contributed by atoms with Crippen LogP contribution < -0.4 is 4.74 Å². The highest BCUT2D eigenvalue weighted by Crippen LogP contribution is 2.31. The Kier molecular flexibility index (Phi) is 3.69. The summed E-state index contributed by atoms with van der Waals surface area (Å²) in [5.41, 5.74) is -0.0384. The SMILES string of the molecule is O=C(O)c1cccnc1Oc1ccc(Cl)cc1Cl. The Morgan fingerprint density at radius 2 is 2.06 bits per heavy atom. The summed E-state index contributed by atoms with van der Waals surface area (Å²) in [5.74, 6) is -0.848. The van der Waals surface area contributed by atoms with Crippen LogP contribution in [0, 0.1) is 0 Å². The lowest BCUT2D eigenvalue weighted by Gasteiger charge is -2.08. The molecule has 0 aliphatic carbocycles. The van der Waals surface area contributed by atoms with Crippen LogP contribution in [0.5, 0.6) is 11.6 Å². The minimum atomic E-state index is -1.12. The van der Waals surface area contributed by atoms with Gasteiger partial charge in [0.1, 0.15) is 11.3 Å². The number of carbonyl (C=O) groups is 1. The number of rotatable bonds is 3. The van der Waals surface area contributed by atoms with Gasteiger partial charge in [-0.1, -0.05) is 23.2 Å². The summed E-state index contributed by atoms with van der Waals surface area (Å²) in [5, 5.41) is 9.73. The molecule has 6 heteroatoms. The second-order valence-corrected chi connectivity index (χ2v) is 4.18. The number of ether oxygens (including phenoxy) is 1. The summed E-state index contributed by atoms with van der Waals surface area (Å²) in [6.07, 6.45) is 1.44. The van der Waals surface area contributed by atoms with Crippen molar-refractivity contribution >= 4 is 29.2 Å². The average Bonchev–Trinajstić information content (AvgIpc) is 2.33. The summed E-state index contributed by atoms with van der Waals surface area (Å²) in [7, 11) is 0. The van der Waals surface area contributed by atoms with Gasteiger partial charge in [0, 0.05) is 11.2 Å². The number of hydrogen-bond donors (Lipinski definition) is 1. The predicted molar refractivity (Wildman–Crippen MR) is 67.7 cm³/mol. The molecule has 1 aromatic carbocycles. The molecular formula is C12H7Cl2NO3. The molecule has 1 N–H and O–H groups in total.